The monoisotopic (exact) mass is 267 g/mol. The lowest BCUT2D eigenvalue weighted by Crippen LogP contribution is -2.37. The smallest absolute Gasteiger partial charge is 0.303 e. The summed E-state index contributed by atoms with van der Waals surface area (Å²) in [5.74, 6) is 1.05. The Bertz CT molecular complexity index is 450. The lowest BCUT2D eigenvalue weighted by Gasteiger charge is -2.35. The van der Waals surface area contributed by atoms with Crippen LogP contribution in [0.4, 0.5) is 5.69 Å². The van der Waals surface area contributed by atoms with Crippen molar-refractivity contribution in [2.24, 2.45) is 0 Å². The standard InChI is InChI=1S/C13H17NO3S/c1-14-9(3-6-13(15)16)8-18-12-7-10(17-2)4-5-11(12)14/h4-5,7,9H,3,6,8H2,1-2H3,(H,15,16). The summed E-state index contributed by atoms with van der Waals surface area (Å²) >= 11 is 1.77. The highest BCUT2D eigenvalue weighted by atomic mass is 32.2. The van der Waals surface area contributed by atoms with Crippen molar-refractivity contribution >= 4 is 23.4 Å². The minimum Gasteiger partial charge on any atom is -0.497 e. The van der Waals surface area contributed by atoms with Gasteiger partial charge in [0.05, 0.1) is 12.8 Å². The minimum atomic E-state index is -0.728. The number of carboxylic acids is 1. The molecule has 1 unspecified atom stereocenters. The molecule has 0 saturated heterocycles. The molecule has 4 nitrogen and oxygen atoms in total. The number of benzene rings is 1. The second-order valence-electron chi connectivity index (χ2n) is 4.34. The maximum Gasteiger partial charge on any atom is 0.303 e. The van der Waals surface area contributed by atoms with Gasteiger partial charge in [0, 0.05) is 30.2 Å². The number of ether oxygens (including phenoxy) is 1. The van der Waals surface area contributed by atoms with Crippen LogP contribution in [0.15, 0.2) is 23.1 Å². The number of carbonyl (C=O) groups is 1. The Kier molecular flexibility index (Phi) is 4.01. The van der Waals surface area contributed by atoms with Gasteiger partial charge in [-0.15, -0.1) is 11.8 Å². The van der Waals surface area contributed by atoms with Gasteiger partial charge < -0.3 is 14.7 Å². The van der Waals surface area contributed by atoms with Gasteiger partial charge in [-0.25, -0.2) is 0 Å². The molecule has 1 heterocycles. The number of carboxylic acid groups (broad SMARTS) is 1. The van der Waals surface area contributed by atoms with Gasteiger partial charge in [-0.3, -0.25) is 4.79 Å². The zero-order valence-corrected chi connectivity index (χ0v) is 11.4. The van der Waals surface area contributed by atoms with Gasteiger partial charge in [-0.2, -0.15) is 0 Å². The predicted molar refractivity (Wildman–Crippen MR) is 72.8 cm³/mol. The van der Waals surface area contributed by atoms with Gasteiger partial charge in [-0.05, 0) is 24.6 Å². The highest BCUT2D eigenvalue weighted by Crippen LogP contribution is 2.39. The number of thioether (sulfide) groups is 1. The molecule has 0 bridgehead atoms. The Balaban J connectivity index is 2.13. The van der Waals surface area contributed by atoms with E-state index in [1.54, 1.807) is 18.9 Å². The van der Waals surface area contributed by atoms with Crippen LogP contribution >= 0.6 is 11.8 Å². The molecule has 1 aliphatic heterocycles. The van der Waals surface area contributed by atoms with E-state index < -0.39 is 5.97 Å². The Labute approximate surface area is 111 Å². The van der Waals surface area contributed by atoms with Gasteiger partial charge in [0.2, 0.25) is 0 Å². The molecule has 1 aromatic carbocycles. The third-order valence-electron chi connectivity index (χ3n) is 3.22. The normalized spacial score (nSPS) is 18.3. The summed E-state index contributed by atoms with van der Waals surface area (Å²) in [6, 6.07) is 6.29. The van der Waals surface area contributed by atoms with Crippen LogP contribution in [0.5, 0.6) is 5.75 Å². The Morgan fingerprint density at radius 2 is 2.39 bits per heavy atom. The summed E-state index contributed by atoms with van der Waals surface area (Å²) in [5, 5.41) is 8.75. The molecule has 5 heteroatoms. The maximum atomic E-state index is 10.6. The van der Waals surface area contributed by atoms with Gasteiger partial charge in [-0.1, -0.05) is 0 Å². The summed E-state index contributed by atoms with van der Waals surface area (Å²) in [6.07, 6.45) is 0.908. The largest absolute Gasteiger partial charge is 0.497 e. The highest BCUT2D eigenvalue weighted by Gasteiger charge is 2.24. The van der Waals surface area contributed by atoms with Crippen LogP contribution in [0.2, 0.25) is 0 Å². The summed E-state index contributed by atoms with van der Waals surface area (Å²) in [5.41, 5.74) is 1.16. The van der Waals surface area contributed by atoms with Gasteiger partial charge >= 0.3 is 5.97 Å². The first-order chi connectivity index (χ1) is 8.61. The third kappa shape index (κ3) is 2.72. The van der Waals surface area contributed by atoms with Crippen LogP contribution in [-0.2, 0) is 4.79 Å². The average Bonchev–Trinajstić information content (AvgIpc) is 2.37. The van der Waals surface area contributed by atoms with Crippen LogP contribution in [0, 0.1) is 0 Å². The van der Waals surface area contributed by atoms with Crippen molar-refractivity contribution in [3.05, 3.63) is 18.2 Å². The molecule has 2 rings (SSSR count). The van der Waals surface area contributed by atoms with Gasteiger partial charge in [0.25, 0.3) is 0 Å². The van der Waals surface area contributed by atoms with Gasteiger partial charge in [0.15, 0.2) is 0 Å². The van der Waals surface area contributed by atoms with Gasteiger partial charge in [0.1, 0.15) is 5.75 Å². The molecule has 1 N–H and O–H groups in total. The zero-order chi connectivity index (χ0) is 13.1. The van der Waals surface area contributed by atoms with Crippen LogP contribution in [0.25, 0.3) is 0 Å². The van der Waals surface area contributed by atoms with Crippen LogP contribution < -0.4 is 9.64 Å². The van der Waals surface area contributed by atoms with Crippen molar-refractivity contribution < 1.29 is 14.6 Å². The number of methoxy groups -OCH3 is 1. The molecule has 0 aliphatic carbocycles. The Morgan fingerprint density at radius 1 is 1.61 bits per heavy atom. The highest BCUT2D eigenvalue weighted by molar-refractivity contribution is 7.99. The molecule has 1 atom stereocenters. The number of anilines is 1. The first kappa shape index (κ1) is 13.1. The number of hydrogen-bond acceptors (Lipinski definition) is 4. The van der Waals surface area contributed by atoms with E-state index in [9.17, 15) is 4.79 Å². The summed E-state index contributed by atoms with van der Waals surface area (Å²) in [7, 11) is 3.69. The zero-order valence-electron chi connectivity index (χ0n) is 10.5. The van der Waals surface area contributed by atoms with E-state index in [4.69, 9.17) is 9.84 Å². The van der Waals surface area contributed by atoms with Crippen molar-refractivity contribution in [3.8, 4) is 5.75 Å². The van der Waals surface area contributed by atoms with E-state index >= 15 is 0 Å². The lowest BCUT2D eigenvalue weighted by molar-refractivity contribution is -0.137. The predicted octanol–water partition coefficient (Wildman–Crippen LogP) is 2.47. The third-order valence-corrected chi connectivity index (χ3v) is 4.41. The summed E-state index contributed by atoms with van der Waals surface area (Å²) < 4.78 is 5.21. The fourth-order valence-corrected chi connectivity index (χ4v) is 3.41. The molecule has 0 amide bonds. The molecule has 0 aromatic heterocycles. The molecular formula is C13H17NO3S. The fraction of sp³-hybridized carbons (Fsp3) is 0.462. The first-order valence-corrected chi connectivity index (χ1v) is 6.86. The number of aliphatic carboxylic acids is 1. The van der Waals surface area contributed by atoms with E-state index in [1.807, 2.05) is 25.2 Å². The Morgan fingerprint density at radius 3 is 3.06 bits per heavy atom. The summed E-state index contributed by atoms with van der Waals surface area (Å²) in [4.78, 5) is 14.0. The number of hydrogen-bond donors (Lipinski definition) is 1. The van der Waals surface area contributed by atoms with Crippen molar-refractivity contribution in [1.82, 2.24) is 0 Å². The molecule has 0 spiro atoms. The second-order valence-corrected chi connectivity index (χ2v) is 5.40. The van der Waals surface area contributed by atoms with Crippen molar-refractivity contribution in [1.29, 1.82) is 0 Å². The molecule has 0 fully saturated rings. The molecular weight excluding hydrogens is 250 g/mol. The quantitative estimate of drug-likeness (QED) is 0.908. The Hall–Kier alpha value is -1.36. The molecule has 0 saturated carbocycles. The molecule has 18 heavy (non-hydrogen) atoms. The molecule has 98 valence electrons. The van der Waals surface area contributed by atoms with Crippen molar-refractivity contribution in [2.45, 2.75) is 23.8 Å². The topological polar surface area (TPSA) is 49.8 Å². The van der Waals surface area contributed by atoms with E-state index in [-0.39, 0.29) is 12.5 Å². The van der Waals surface area contributed by atoms with Crippen LogP contribution in [0.3, 0.4) is 0 Å². The summed E-state index contributed by atoms with van der Waals surface area (Å²) in [6.45, 7) is 0. The van der Waals surface area contributed by atoms with E-state index in [1.165, 1.54) is 4.90 Å². The fourth-order valence-electron chi connectivity index (χ4n) is 2.09. The minimum absolute atomic E-state index is 0.223. The SMILES string of the molecule is COc1ccc2c(c1)SCC(CCC(=O)O)N2C. The molecule has 1 aromatic rings. The van der Waals surface area contributed by atoms with E-state index in [2.05, 4.69) is 4.90 Å². The van der Waals surface area contributed by atoms with Crippen LogP contribution in [-0.4, -0.2) is 37.0 Å². The van der Waals surface area contributed by atoms with E-state index in [0.717, 1.165) is 17.2 Å². The molecule has 0 radical (unpaired) electrons. The number of rotatable bonds is 4. The molecule has 1 aliphatic rings. The first-order valence-electron chi connectivity index (χ1n) is 5.87. The van der Waals surface area contributed by atoms with E-state index in [0.29, 0.717) is 6.42 Å². The lowest BCUT2D eigenvalue weighted by atomic mass is 10.1. The number of nitrogens with zero attached hydrogens (tertiary/aromatic N) is 1. The van der Waals surface area contributed by atoms with Crippen LogP contribution in [0.1, 0.15) is 12.8 Å². The van der Waals surface area contributed by atoms with Crippen molar-refractivity contribution in [2.75, 3.05) is 24.8 Å². The van der Waals surface area contributed by atoms with Crippen molar-refractivity contribution in [3.63, 3.8) is 0 Å². The second kappa shape index (κ2) is 5.52. The maximum absolute atomic E-state index is 10.6. The average molecular weight is 267 g/mol. The number of fused-ring (bicyclic) bond motifs is 1.